The average molecular weight is 322 g/mol. The fraction of sp³-hybridized carbons (Fsp3) is 0.438. The molecule has 0 spiro atoms. The number of hydrogen-bond acceptors (Lipinski definition) is 7. The Labute approximate surface area is 131 Å². The molecule has 1 aromatic carbocycles. The molecule has 0 aliphatic carbocycles. The second-order valence-corrected chi connectivity index (χ2v) is 5.71. The van der Waals surface area contributed by atoms with Gasteiger partial charge in [-0.1, -0.05) is 0 Å². The lowest BCUT2D eigenvalue weighted by Gasteiger charge is -2.38. The lowest BCUT2D eigenvalue weighted by atomic mass is 10.00. The fourth-order valence-electron chi connectivity index (χ4n) is 2.62. The number of rotatable bonds is 2. The van der Waals surface area contributed by atoms with Crippen molar-refractivity contribution in [2.24, 2.45) is 0 Å². The molecule has 0 unspecified atom stereocenters. The molecule has 124 valence electrons. The monoisotopic (exact) mass is 322 g/mol. The van der Waals surface area contributed by atoms with E-state index >= 15 is 0 Å². The molecule has 3 N–H and O–H groups in total. The van der Waals surface area contributed by atoms with Gasteiger partial charge >= 0.3 is 5.63 Å². The summed E-state index contributed by atoms with van der Waals surface area (Å²) in [6.45, 7) is 3.37. The summed E-state index contributed by atoms with van der Waals surface area (Å²) in [4.78, 5) is 11.4. The van der Waals surface area contributed by atoms with Crippen LogP contribution >= 0.6 is 0 Å². The zero-order valence-corrected chi connectivity index (χ0v) is 12.7. The van der Waals surface area contributed by atoms with Crippen LogP contribution in [0, 0.1) is 6.92 Å². The van der Waals surface area contributed by atoms with E-state index in [-0.39, 0.29) is 0 Å². The molecule has 0 radical (unpaired) electrons. The van der Waals surface area contributed by atoms with Gasteiger partial charge in [-0.05, 0) is 31.5 Å². The Hall–Kier alpha value is -1.93. The number of fused-ring (bicyclic) bond motifs is 1. The molecule has 0 amide bonds. The topological polar surface area (TPSA) is 109 Å². The Bertz CT molecular complexity index is 769. The molecule has 1 fully saturated rings. The van der Waals surface area contributed by atoms with Gasteiger partial charge in [0.1, 0.15) is 29.6 Å². The van der Waals surface area contributed by atoms with Crippen LogP contribution in [0.15, 0.2) is 33.5 Å². The van der Waals surface area contributed by atoms with E-state index in [0.717, 1.165) is 10.9 Å². The summed E-state index contributed by atoms with van der Waals surface area (Å²) in [5, 5.41) is 30.2. The Morgan fingerprint density at radius 1 is 1.09 bits per heavy atom. The van der Waals surface area contributed by atoms with Gasteiger partial charge in [-0.25, -0.2) is 4.79 Å². The van der Waals surface area contributed by atoms with Gasteiger partial charge in [-0.2, -0.15) is 0 Å². The van der Waals surface area contributed by atoms with Crippen molar-refractivity contribution in [3.63, 3.8) is 0 Å². The minimum atomic E-state index is -1.40. The van der Waals surface area contributed by atoms with Gasteiger partial charge in [0, 0.05) is 17.5 Å². The first-order valence-electron chi connectivity index (χ1n) is 7.27. The van der Waals surface area contributed by atoms with Crippen LogP contribution in [0.1, 0.15) is 12.5 Å². The van der Waals surface area contributed by atoms with Crippen molar-refractivity contribution in [2.45, 2.75) is 44.6 Å². The van der Waals surface area contributed by atoms with Crippen molar-refractivity contribution >= 4 is 11.0 Å². The van der Waals surface area contributed by atoms with E-state index in [2.05, 4.69) is 0 Å². The number of ether oxygens (including phenoxy) is 2. The summed E-state index contributed by atoms with van der Waals surface area (Å²) in [6.07, 6.45) is -5.80. The number of hydrogen-bond donors (Lipinski definition) is 3. The van der Waals surface area contributed by atoms with Crippen molar-refractivity contribution in [2.75, 3.05) is 0 Å². The highest BCUT2D eigenvalue weighted by atomic mass is 16.7. The molecular formula is C16H18O7. The maximum absolute atomic E-state index is 11.4. The van der Waals surface area contributed by atoms with Gasteiger partial charge in [-0.3, -0.25) is 0 Å². The lowest BCUT2D eigenvalue weighted by molar-refractivity contribution is -0.268. The molecule has 7 nitrogen and oxygen atoms in total. The Balaban J connectivity index is 1.88. The van der Waals surface area contributed by atoms with Crippen molar-refractivity contribution in [3.05, 3.63) is 40.2 Å². The van der Waals surface area contributed by atoms with Crippen LogP contribution in [0.25, 0.3) is 11.0 Å². The fourth-order valence-corrected chi connectivity index (χ4v) is 2.62. The summed E-state index contributed by atoms with van der Waals surface area (Å²) in [5.74, 6) is 0.311. The first kappa shape index (κ1) is 15.9. The van der Waals surface area contributed by atoms with Crippen LogP contribution in [0.3, 0.4) is 0 Å². The number of aliphatic hydroxyl groups is 3. The quantitative estimate of drug-likeness (QED) is 0.683. The maximum atomic E-state index is 11.4. The summed E-state index contributed by atoms with van der Waals surface area (Å²) in [5.41, 5.74) is 0.670. The van der Waals surface area contributed by atoms with Gasteiger partial charge < -0.3 is 29.2 Å². The predicted octanol–water partition coefficient (Wildman–Crippen LogP) is 0.308. The van der Waals surface area contributed by atoms with Crippen LogP contribution in [0.5, 0.6) is 5.75 Å². The molecule has 23 heavy (non-hydrogen) atoms. The molecule has 1 saturated heterocycles. The average Bonchev–Trinajstić information content (AvgIpc) is 2.50. The molecule has 2 aromatic rings. The Kier molecular flexibility index (Phi) is 4.11. The van der Waals surface area contributed by atoms with E-state index in [1.807, 2.05) is 0 Å². The first-order chi connectivity index (χ1) is 10.9. The molecule has 3 rings (SSSR count). The van der Waals surface area contributed by atoms with Gasteiger partial charge in [0.15, 0.2) is 0 Å². The Morgan fingerprint density at radius 3 is 2.57 bits per heavy atom. The molecule has 7 heteroatoms. The van der Waals surface area contributed by atoms with Crippen molar-refractivity contribution in [1.82, 2.24) is 0 Å². The number of aryl methyl sites for hydroxylation is 1. The van der Waals surface area contributed by atoms with E-state index in [1.54, 1.807) is 26.0 Å². The molecule has 1 aliphatic rings. The largest absolute Gasteiger partial charge is 0.462 e. The third kappa shape index (κ3) is 2.96. The smallest absolute Gasteiger partial charge is 0.336 e. The highest BCUT2D eigenvalue weighted by molar-refractivity contribution is 5.81. The maximum Gasteiger partial charge on any atom is 0.336 e. The third-order valence-electron chi connectivity index (χ3n) is 3.98. The van der Waals surface area contributed by atoms with Crippen molar-refractivity contribution < 1.29 is 29.2 Å². The van der Waals surface area contributed by atoms with E-state index in [4.69, 9.17) is 13.9 Å². The first-order valence-corrected chi connectivity index (χ1v) is 7.27. The second-order valence-electron chi connectivity index (χ2n) is 5.71. The number of benzene rings is 1. The zero-order chi connectivity index (χ0) is 16.7. The van der Waals surface area contributed by atoms with Crippen molar-refractivity contribution in [3.8, 4) is 5.75 Å². The summed E-state index contributed by atoms with van der Waals surface area (Å²) in [7, 11) is 0. The minimum absolute atomic E-state index is 0.311. The normalized spacial score (nSPS) is 31.3. The van der Waals surface area contributed by atoms with Crippen LogP contribution in [-0.2, 0) is 4.74 Å². The zero-order valence-electron chi connectivity index (χ0n) is 12.7. The predicted molar refractivity (Wildman–Crippen MR) is 80.2 cm³/mol. The molecule has 1 aromatic heterocycles. The van der Waals surface area contributed by atoms with E-state index in [9.17, 15) is 20.1 Å². The minimum Gasteiger partial charge on any atom is -0.462 e. The summed E-state index contributed by atoms with van der Waals surface area (Å²) < 4.78 is 16.0. The summed E-state index contributed by atoms with van der Waals surface area (Å²) >= 11 is 0. The van der Waals surface area contributed by atoms with Gasteiger partial charge in [0.25, 0.3) is 0 Å². The second kappa shape index (κ2) is 5.93. The SMILES string of the molecule is Cc1cc(=O)oc2cc(O[C@H]3O[C@@H](C)[C@H](O)[C@@H](O)[C@H]3O)ccc12. The third-order valence-corrected chi connectivity index (χ3v) is 3.98. The number of aliphatic hydroxyl groups excluding tert-OH is 3. The van der Waals surface area contributed by atoms with E-state index in [0.29, 0.717) is 11.3 Å². The highest BCUT2D eigenvalue weighted by Gasteiger charge is 2.43. The van der Waals surface area contributed by atoms with Gasteiger partial charge in [0.05, 0.1) is 6.10 Å². The molecule has 2 heterocycles. The van der Waals surface area contributed by atoms with Crippen LogP contribution < -0.4 is 10.4 Å². The van der Waals surface area contributed by atoms with Crippen LogP contribution in [-0.4, -0.2) is 46.0 Å². The molecule has 1 aliphatic heterocycles. The van der Waals surface area contributed by atoms with E-state index < -0.39 is 36.3 Å². The van der Waals surface area contributed by atoms with Gasteiger partial charge in [0.2, 0.25) is 6.29 Å². The summed E-state index contributed by atoms with van der Waals surface area (Å²) in [6, 6.07) is 6.29. The highest BCUT2D eigenvalue weighted by Crippen LogP contribution is 2.27. The molecule has 5 atom stereocenters. The lowest BCUT2D eigenvalue weighted by Crippen LogP contribution is -2.58. The van der Waals surface area contributed by atoms with E-state index in [1.165, 1.54) is 12.1 Å². The van der Waals surface area contributed by atoms with Crippen molar-refractivity contribution in [1.29, 1.82) is 0 Å². The molecular weight excluding hydrogens is 304 g/mol. The standard InChI is InChI=1S/C16H18O7/c1-7-5-12(17)23-11-6-9(3-4-10(7)11)22-16-15(20)14(19)13(18)8(2)21-16/h3-6,8,13-16,18-20H,1-2H3/t8-,13-,14+,15+,16+/m0/s1. The van der Waals surface area contributed by atoms with Crippen LogP contribution in [0.4, 0.5) is 0 Å². The van der Waals surface area contributed by atoms with Crippen LogP contribution in [0.2, 0.25) is 0 Å². The Morgan fingerprint density at radius 2 is 1.83 bits per heavy atom. The molecule has 0 bridgehead atoms. The molecule has 0 saturated carbocycles. The van der Waals surface area contributed by atoms with Gasteiger partial charge in [-0.15, -0.1) is 0 Å².